The fraction of sp³-hybridized carbons (Fsp3) is 0.286. The molecular weight excluding hydrogens is 212 g/mol. The van der Waals surface area contributed by atoms with Crippen LogP contribution in [0.3, 0.4) is 0 Å². The van der Waals surface area contributed by atoms with Crippen molar-refractivity contribution < 1.29 is 4.43 Å². The summed E-state index contributed by atoms with van der Waals surface area (Å²) in [7, 11) is -1.66. The Hall–Kier alpha value is -1.28. The monoisotopic (exact) mass is 232 g/mol. The van der Waals surface area contributed by atoms with E-state index < -0.39 is 8.32 Å². The predicted octanol–water partition coefficient (Wildman–Crippen LogP) is 4.19. The Kier molecular flexibility index (Phi) is 4.56. The summed E-state index contributed by atoms with van der Waals surface area (Å²) in [6.07, 6.45) is 4.71. The highest BCUT2D eigenvalue weighted by Gasteiger charge is 2.23. The molecule has 16 heavy (non-hydrogen) atoms. The van der Waals surface area contributed by atoms with Crippen molar-refractivity contribution in [1.82, 2.24) is 0 Å². The minimum Gasteiger partial charge on any atom is -0.544 e. The predicted molar refractivity (Wildman–Crippen MR) is 73.5 cm³/mol. The molecule has 1 nitrogen and oxygen atoms in total. The molecule has 0 spiro atoms. The highest BCUT2D eigenvalue weighted by atomic mass is 28.4. The lowest BCUT2D eigenvalue weighted by molar-refractivity contribution is 0.546. The van der Waals surface area contributed by atoms with E-state index in [-0.39, 0.29) is 0 Å². The SMILES string of the molecule is C=CCc1ccccc1O[Si](C)(C)CC=C. The van der Waals surface area contributed by atoms with Gasteiger partial charge in [-0.1, -0.05) is 30.4 Å². The van der Waals surface area contributed by atoms with E-state index in [1.165, 1.54) is 5.56 Å². The van der Waals surface area contributed by atoms with E-state index in [2.05, 4.69) is 32.3 Å². The van der Waals surface area contributed by atoms with Gasteiger partial charge < -0.3 is 4.43 Å². The largest absolute Gasteiger partial charge is 0.544 e. The highest BCUT2D eigenvalue weighted by molar-refractivity contribution is 6.72. The van der Waals surface area contributed by atoms with Gasteiger partial charge in [0.25, 0.3) is 0 Å². The van der Waals surface area contributed by atoms with E-state index in [9.17, 15) is 0 Å². The Balaban J connectivity index is 2.86. The summed E-state index contributed by atoms with van der Waals surface area (Å²) in [6.45, 7) is 12.0. The molecule has 0 radical (unpaired) electrons. The number of benzene rings is 1. The Labute approximate surface area is 99.6 Å². The van der Waals surface area contributed by atoms with Crippen LogP contribution >= 0.6 is 0 Å². The molecule has 1 rings (SSSR count). The van der Waals surface area contributed by atoms with Crippen LogP contribution in [0.5, 0.6) is 5.75 Å². The van der Waals surface area contributed by atoms with Crippen molar-refractivity contribution in [2.75, 3.05) is 0 Å². The van der Waals surface area contributed by atoms with Gasteiger partial charge in [0.1, 0.15) is 5.75 Å². The van der Waals surface area contributed by atoms with Crippen molar-refractivity contribution in [2.24, 2.45) is 0 Å². The fourth-order valence-corrected chi connectivity index (χ4v) is 3.19. The van der Waals surface area contributed by atoms with Crippen LogP contribution in [-0.4, -0.2) is 8.32 Å². The molecule has 86 valence electrons. The highest BCUT2D eigenvalue weighted by Crippen LogP contribution is 2.24. The summed E-state index contributed by atoms with van der Waals surface area (Å²) >= 11 is 0. The lowest BCUT2D eigenvalue weighted by atomic mass is 10.1. The molecule has 1 aromatic rings. The number of para-hydroxylation sites is 1. The molecule has 0 atom stereocenters. The first kappa shape index (κ1) is 12.8. The minimum atomic E-state index is -1.66. The standard InChI is InChI=1S/C14H20OSi/c1-5-9-13-10-7-8-11-14(13)15-16(3,4)12-6-2/h5-8,10-11H,1-2,9,12H2,3-4H3. The average Bonchev–Trinajstić information content (AvgIpc) is 2.20. The minimum absolute atomic E-state index is 0.856. The second kappa shape index (κ2) is 5.71. The topological polar surface area (TPSA) is 9.23 Å². The average molecular weight is 232 g/mol. The molecule has 0 fully saturated rings. The number of rotatable bonds is 6. The summed E-state index contributed by atoms with van der Waals surface area (Å²) in [6, 6.07) is 9.15. The normalized spacial score (nSPS) is 10.9. The van der Waals surface area contributed by atoms with Crippen LogP contribution in [0.25, 0.3) is 0 Å². The quantitative estimate of drug-likeness (QED) is 0.528. The van der Waals surface area contributed by atoms with Crippen molar-refractivity contribution in [3.63, 3.8) is 0 Å². The molecule has 0 bridgehead atoms. The van der Waals surface area contributed by atoms with E-state index in [1.807, 2.05) is 30.4 Å². The molecule has 0 heterocycles. The van der Waals surface area contributed by atoms with Crippen LogP contribution in [-0.2, 0) is 6.42 Å². The van der Waals surface area contributed by atoms with Gasteiger partial charge in [-0.3, -0.25) is 0 Å². The Morgan fingerprint density at radius 3 is 2.50 bits per heavy atom. The summed E-state index contributed by atoms with van der Waals surface area (Å²) in [5, 5.41) is 0. The van der Waals surface area contributed by atoms with Gasteiger partial charge in [-0.2, -0.15) is 0 Å². The first-order valence-electron chi connectivity index (χ1n) is 5.58. The van der Waals surface area contributed by atoms with Crippen LogP contribution in [0, 0.1) is 0 Å². The van der Waals surface area contributed by atoms with E-state index in [4.69, 9.17) is 4.43 Å². The van der Waals surface area contributed by atoms with E-state index >= 15 is 0 Å². The fourth-order valence-electron chi connectivity index (χ4n) is 1.61. The Morgan fingerprint density at radius 2 is 1.88 bits per heavy atom. The Bertz CT molecular complexity index is 369. The zero-order valence-corrected chi connectivity index (χ0v) is 11.2. The molecule has 0 aliphatic carbocycles. The third-order valence-corrected chi connectivity index (χ3v) is 4.40. The third kappa shape index (κ3) is 3.70. The molecule has 0 saturated heterocycles. The van der Waals surface area contributed by atoms with E-state index in [0.717, 1.165) is 18.2 Å². The number of allylic oxidation sites excluding steroid dienone is 2. The molecule has 0 aliphatic heterocycles. The van der Waals surface area contributed by atoms with Gasteiger partial charge in [0.15, 0.2) is 0 Å². The molecule has 0 amide bonds. The molecule has 0 aliphatic rings. The maximum atomic E-state index is 6.15. The number of hydrogen-bond acceptors (Lipinski definition) is 1. The second-order valence-electron chi connectivity index (χ2n) is 4.46. The zero-order chi connectivity index (χ0) is 12.0. The van der Waals surface area contributed by atoms with Gasteiger partial charge in [-0.15, -0.1) is 13.2 Å². The van der Waals surface area contributed by atoms with Crippen molar-refractivity contribution in [3.05, 3.63) is 55.1 Å². The maximum absolute atomic E-state index is 6.15. The van der Waals surface area contributed by atoms with Gasteiger partial charge in [0, 0.05) is 0 Å². The molecule has 2 heteroatoms. The first-order valence-corrected chi connectivity index (χ1v) is 8.69. The maximum Gasteiger partial charge on any atom is 0.248 e. The van der Waals surface area contributed by atoms with Crippen molar-refractivity contribution in [3.8, 4) is 5.75 Å². The van der Waals surface area contributed by atoms with Crippen LogP contribution < -0.4 is 4.43 Å². The number of hydrogen-bond donors (Lipinski definition) is 0. The van der Waals surface area contributed by atoms with Gasteiger partial charge in [-0.05, 0) is 37.2 Å². The van der Waals surface area contributed by atoms with Gasteiger partial charge in [-0.25, -0.2) is 0 Å². The smallest absolute Gasteiger partial charge is 0.248 e. The van der Waals surface area contributed by atoms with Crippen LogP contribution in [0.2, 0.25) is 19.1 Å². The second-order valence-corrected chi connectivity index (χ2v) is 8.59. The van der Waals surface area contributed by atoms with Gasteiger partial charge in [0.05, 0.1) is 0 Å². The zero-order valence-electron chi connectivity index (χ0n) is 10.2. The summed E-state index contributed by atoms with van der Waals surface area (Å²) in [5.41, 5.74) is 1.21. The lowest BCUT2D eigenvalue weighted by Crippen LogP contribution is -2.33. The van der Waals surface area contributed by atoms with Crippen molar-refractivity contribution in [1.29, 1.82) is 0 Å². The molecule has 0 saturated carbocycles. The summed E-state index contributed by atoms with van der Waals surface area (Å²) in [5.74, 6) is 1.00. The molecule has 0 N–H and O–H groups in total. The van der Waals surface area contributed by atoms with Gasteiger partial charge >= 0.3 is 0 Å². The van der Waals surface area contributed by atoms with E-state index in [0.29, 0.717) is 0 Å². The Morgan fingerprint density at radius 1 is 1.19 bits per heavy atom. The van der Waals surface area contributed by atoms with Crippen molar-refractivity contribution >= 4 is 8.32 Å². The molecule has 1 aromatic carbocycles. The molecule has 0 aromatic heterocycles. The van der Waals surface area contributed by atoms with Crippen LogP contribution in [0.1, 0.15) is 5.56 Å². The van der Waals surface area contributed by atoms with Crippen LogP contribution in [0.4, 0.5) is 0 Å². The van der Waals surface area contributed by atoms with E-state index in [1.54, 1.807) is 0 Å². The molecular formula is C14H20OSi. The van der Waals surface area contributed by atoms with Crippen LogP contribution in [0.15, 0.2) is 49.6 Å². The molecule has 0 unspecified atom stereocenters. The first-order chi connectivity index (χ1) is 7.59. The summed E-state index contributed by atoms with van der Waals surface area (Å²) in [4.78, 5) is 0. The third-order valence-electron chi connectivity index (χ3n) is 2.36. The lowest BCUT2D eigenvalue weighted by Gasteiger charge is -2.24. The van der Waals surface area contributed by atoms with Gasteiger partial charge in [0.2, 0.25) is 8.32 Å². The summed E-state index contributed by atoms with van der Waals surface area (Å²) < 4.78 is 6.15. The van der Waals surface area contributed by atoms with Crippen molar-refractivity contribution in [2.45, 2.75) is 25.6 Å².